The number of nitrogens with two attached hydrogens (primary N) is 1. The molecule has 1 atom stereocenters. The van der Waals surface area contributed by atoms with Crippen molar-refractivity contribution in [2.75, 3.05) is 13.7 Å². The molecule has 0 amide bonds. The van der Waals surface area contributed by atoms with Crippen LogP contribution in [0.25, 0.3) is 0 Å². The number of hydrazine groups is 1. The maximum atomic E-state index is 5.78. The zero-order valence-corrected chi connectivity index (χ0v) is 11.9. The first-order valence-electron chi connectivity index (χ1n) is 6.21. The van der Waals surface area contributed by atoms with E-state index in [1.165, 1.54) is 5.56 Å². The molecule has 0 bridgehead atoms. The molecule has 3 N–H and O–H groups in total. The van der Waals surface area contributed by atoms with Crippen molar-refractivity contribution in [3.8, 4) is 5.75 Å². The zero-order valence-electron chi connectivity index (χ0n) is 11.9. The van der Waals surface area contributed by atoms with E-state index in [1.54, 1.807) is 7.11 Å². The van der Waals surface area contributed by atoms with Gasteiger partial charge in [0.05, 0.1) is 18.8 Å². The average molecular weight is 252 g/mol. The standard InChI is InChI=1S/C14H24N2O2/c1-6-18-14(3,4)13(16-15)11-9-10(2)7-8-12(11)17-5/h7-9,13,16H,6,15H2,1-5H3. The van der Waals surface area contributed by atoms with Crippen molar-refractivity contribution in [1.29, 1.82) is 0 Å². The van der Waals surface area contributed by atoms with E-state index in [9.17, 15) is 0 Å². The topological polar surface area (TPSA) is 56.5 Å². The first-order chi connectivity index (χ1) is 8.46. The van der Waals surface area contributed by atoms with Crippen molar-refractivity contribution in [3.63, 3.8) is 0 Å². The van der Waals surface area contributed by atoms with Gasteiger partial charge in [-0.1, -0.05) is 17.7 Å². The van der Waals surface area contributed by atoms with E-state index in [0.29, 0.717) is 6.61 Å². The predicted octanol–water partition coefficient (Wildman–Crippen LogP) is 2.32. The number of hydrogen-bond donors (Lipinski definition) is 2. The first-order valence-corrected chi connectivity index (χ1v) is 6.21. The van der Waals surface area contributed by atoms with Crippen molar-refractivity contribution in [2.45, 2.75) is 39.3 Å². The van der Waals surface area contributed by atoms with Crippen molar-refractivity contribution < 1.29 is 9.47 Å². The molecule has 0 spiro atoms. The molecule has 1 rings (SSSR count). The number of aryl methyl sites for hydroxylation is 1. The van der Waals surface area contributed by atoms with Gasteiger partial charge in [-0.05, 0) is 33.8 Å². The molecule has 4 heteroatoms. The fraction of sp³-hybridized carbons (Fsp3) is 0.571. The molecule has 1 aromatic carbocycles. The van der Waals surface area contributed by atoms with E-state index < -0.39 is 5.60 Å². The van der Waals surface area contributed by atoms with E-state index in [4.69, 9.17) is 15.3 Å². The van der Waals surface area contributed by atoms with Crippen molar-refractivity contribution in [1.82, 2.24) is 5.43 Å². The third kappa shape index (κ3) is 3.22. The van der Waals surface area contributed by atoms with Crippen molar-refractivity contribution in [2.24, 2.45) is 5.84 Å². The molecule has 0 aromatic heterocycles. The molecule has 102 valence electrons. The van der Waals surface area contributed by atoms with Crippen LogP contribution in [0.1, 0.15) is 37.9 Å². The van der Waals surface area contributed by atoms with Gasteiger partial charge in [0, 0.05) is 12.2 Å². The van der Waals surface area contributed by atoms with Crippen LogP contribution in [0, 0.1) is 6.92 Å². The van der Waals surface area contributed by atoms with Gasteiger partial charge in [0.25, 0.3) is 0 Å². The molecule has 1 aromatic rings. The van der Waals surface area contributed by atoms with Gasteiger partial charge in [0.1, 0.15) is 5.75 Å². The Hall–Kier alpha value is -1.10. The van der Waals surface area contributed by atoms with E-state index in [1.807, 2.05) is 39.8 Å². The fourth-order valence-corrected chi connectivity index (χ4v) is 2.20. The molecule has 0 aliphatic heterocycles. The summed E-state index contributed by atoms with van der Waals surface area (Å²) in [5.74, 6) is 6.53. The molecule has 18 heavy (non-hydrogen) atoms. The number of ether oxygens (including phenoxy) is 2. The minimum absolute atomic E-state index is 0.132. The lowest BCUT2D eigenvalue weighted by atomic mass is 9.90. The maximum absolute atomic E-state index is 5.78. The third-order valence-electron chi connectivity index (χ3n) is 3.07. The van der Waals surface area contributed by atoms with E-state index >= 15 is 0 Å². The van der Waals surface area contributed by atoms with Gasteiger partial charge in [-0.3, -0.25) is 5.84 Å². The van der Waals surface area contributed by atoms with E-state index in [0.717, 1.165) is 11.3 Å². The van der Waals surface area contributed by atoms with Crippen LogP contribution in [0.5, 0.6) is 5.75 Å². The van der Waals surface area contributed by atoms with Crippen LogP contribution >= 0.6 is 0 Å². The molecule has 0 saturated heterocycles. The summed E-state index contributed by atoms with van der Waals surface area (Å²) in [5, 5.41) is 0. The summed E-state index contributed by atoms with van der Waals surface area (Å²) in [4.78, 5) is 0. The summed E-state index contributed by atoms with van der Waals surface area (Å²) in [6, 6.07) is 5.91. The number of methoxy groups -OCH3 is 1. The van der Waals surface area contributed by atoms with Gasteiger partial charge in [-0.25, -0.2) is 5.43 Å². The Kier molecular flexibility index (Phi) is 5.14. The first kappa shape index (κ1) is 15.0. The highest BCUT2D eigenvalue weighted by molar-refractivity contribution is 5.40. The molecule has 1 unspecified atom stereocenters. The van der Waals surface area contributed by atoms with Gasteiger partial charge in [0.2, 0.25) is 0 Å². The second kappa shape index (κ2) is 6.18. The number of benzene rings is 1. The summed E-state index contributed by atoms with van der Waals surface area (Å²) >= 11 is 0. The molecule has 0 fully saturated rings. The SMILES string of the molecule is CCOC(C)(C)C(NN)c1cc(C)ccc1OC. The number of nitrogens with one attached hydrogen (secondary N) is 1. The normalized spacial score (nSPS) is 13.4. The number of rotatable bonds is 6. The second-order valence-electron chi connectivity index (χ2n) is 4.88. The highest BCUT2D eigenvalue weighted by atomic mass is 16.5. The van der Waals surface area contributed by atoms with Gasteiger partial charge in [0.15, 0.2) is 0 Å². The highest BCUT2D eigenvalue weighted by Crippen LogP contribution is 2.34. The Morgan fingerprint density at radius 1 is 1.39 bits per heavy atom. The van der Waals surface area contributed by atoms with Gasteiger partial charge < -0.3 is 9.47 Å². The molecule has 4 nitrogen and oxygen atoms in total. The van der Waals surface area contributed by atoms with E-state index in [-0.39, 0.29) is 6.04 Å². The van der Waals surface area contributed by atoms with Crippen LogP contribution in [0.3, 0.4) is 0 Å². The van der Waals surface area contributed by atoms with Gasteiger partial charge in [-0.15, -0.1) is 0 Å². The van der Waals surface area contributed by atoms with Crippen molar-refractivity contribution >= 4 is 0 Å². The number of hydrogen-bond acceptors (Lipinski definition) is 4. The predicted molar refractivity (Wildman–Crippen MR) is 73.5 cm³/mol. The Balaban J connectivity index is 3.19. The molecule has 0 radical (unpaired) electrons. The molecule has 0 aliphatic carbocycles. The molecular formula is C14H24N2O2. The lowest BCUT2D eigenvalue weighted by Gasteiger charge is -2.34. The molecular weight excluding hydrogens is 228 g/mol. The van der Waals surface area contributed by atoms with Crippen molar-refractivity contribution in [3.05, 3.63) is 29.3 Å². The Labute approximate surface area is 109 Å². The van der Waals surface area contributed by atoms with Crippen LogP contribution in [-0.4, -0.2) is 19.3 Å². The maximum Gasteiger partial charge on any atom is 0.123 e. The Morgan fingerprint density at radius 3 is 2.56 bits per heavy atom. The van der Waals surface area contributed by atoms with Crippen LogP contribution in [-0.2, 0) is 4.74 Å². The Morgan fingerprint density at radius 2 is 2.06 bits per heavy atom. The van der Waals surface area contributed by atoms with Crippen LogP contribution in [0.4, 0.5) is 0 Å². The minimum Gasteiger partial charge on any atom is -0.496 e. The lowest BCUT2D eigenvalue weighted by molar-refractivity contribution is -0.0397. The van der Waals surface area contributed by atoms with Crippen LogP contribution in [0.15, 0.2) is 18.2 Å². The summed E-state index contributed by atoms with van der Waals surface area (Å²) in [6.07, 6.45) is 0. The second-order valence-corrected chi connectivity index (χ2v) is 4.88. The summed E-state index contributed by atoms with van der Waals surface area (Å²) in [6.45, 7) is 8.69. The fourth-order valence-electron chi connectivity index (χ4n) is 2.20. The van der Waals surface area contributed by atoms with Crippen LogP contribution in [0.2, 0.25) is 0 Å². The van der Waals surface area contributed by atoms with Gasteiger partial charge >= 0.3 is 0 Å². The largest absolute Gasteiger partial charge is 0.496 e. The summed E-state index contributed by atoms with van der Waals surface area (Å²) in [5.41, 5.74) is 4.61. The quantitative estimate of drug-likeness (QED) is 0.602. The average Bonchev–Trinajstić information content (AvgIpc) is 2.29. The van der Waals surface area contributed by atoms with E-state index in [2.05, 4.69) is 11.5 Å². The van der Waals surface area contributed by atoms with Gasteiger partial charge in [-0.2, -0.15) is 0 Å². The Bertz CT molecular complexity index is 391. The third-order valence-corrected chi connectivity index (χ3v) is 3.07. The molecule has 0 saturated carbocycles. The molecule has 0 heterocycles. The summed E-state index contributed by atoms with van der Waals surface area (Å²) in [7, 11) is 1.66. The minimum atomic E-state index is -0.412. The lowest BCUT2D eigenvalue weighted by Crippen LogP contribution is -2.44. The molecule has 0 aliphatic rings. The monoisotopic (exact) mass is 252 g/mol. The smallest absolute Gasteiger partial charge is 0.123 e. The summed E-state index contributed by atoms with van der Waals surface area (Å²) < 4.78 is 11.2. The highest BCUT2D eigenvalue weighted by Gasteiger charge is 2.32. The zero-order chi connectivity index (χ0) is 13.8. The van der Waals surface area contributed by atoms with Crippen LogP contribution < -0.4 is 16.0 Å².